The van der Waals surface area contributed by atoms with Crippen molar-refractivity contribution in [2.75, 3.05) is 0 Å². The minimum absolute atomic E-state index is 0.416. The zero-order chi connectivity index (χ0) is 10.8. The van der Waals surface area contributed by atoms with Gasteiger partial charge in [-0.05, 0) is 11.4 Å². The van der Waals surface area contributed by atoms with Crippen molar-refractivity contribution in [3.63, 3.8) is 0 Å². The molecule has 1 rings (SSSR count). The molecule has 1 aromatic rings. The van der Waals surface area contributed by atoms with Crippen LogP contribution in [-0.2, 0) is 0 Å². The van der Waals surface area contributed by atoms with Gasteiger partial charge in [0.1, 0.15) is 0 Å². The molecule has 0 atom stereocenters. The van der Waals surface area contributed by atoms with E-state index in [9.17, 15) is 13.6 Å². The van der Waals surface area contributed by atoms with Crippen molar-refractivity contribution < 1.29 is 13.6 Å². The van der Waals surface area contributed by atoms with Gasteiger partial charge in [0.05, 0.1) is 17.0 Å². The Morgan fingerprint density at radius 1 is 1.64 bits per heavy atom. The summed E-state index contributed by atoms with van der Waals surface area (Å²) in [4.78, 5) is 11.7. The number of halogens is 2. The fraction of sp³-hybridized carbons (Fsp3) is 0.333. The second kappa shape index (κ2) is 3.96. The first-order chi connectivity index (χ1) is 6.41. The van der Waals surface area contributed by atoms with E-state index in [0.717, 1.165) is 0 Å². The van der Waals surface area contributed by atoms with Crippen molar-refractivity contribution in [3.8, 4) is 0 Å². The Balaban J connectivity index is 2.63. The van der Waals surface area contributed by atoms with Gasteiger partial charge in [-0.15, -0.1) is 11.3 Å². The first kappa shape index (κ1) is 11.0. The van der Waals surface area contributed by atoms with Crippen molar-refractivity contribution in [1.29, 1.82) is 5.41 Å². The van der Waals surface area contributed by atoms with Gasteiger partial charge in [0.25, 0.3) is 5.92 Å². The molecule has 14 heavy (non-hydrogen) atoms. The molecule has 2 nitrogen and oxygen atoms in total. The lowest BCUT2D eigenvalue weighted by Crippen LogP contribution is -2.25. The van der Waals surface area contributed by atoms with Gasteiger partial charge >= 0.3 is 0 Å². The number of carbonyl (C=O) groups excluding carboxylic acids is 1. The second-order valence-corrected chi connectivity index (χ2v) is 3.89. The molecule has 0 aromatic carbocycles. The molecule has 0 unspecified atom stereocenters. The highest BCUT2D eigenvalue weighted by molar-refractivity contribution is 7.12. The average Bonchev–Trinajstić information content (AvgIpc) is 2.53. The Morgan fingerprint density at radius 3 is 2.71 bits per heavy atom. The number of rotatable bonds is 4. The number of thiophene rings is 1. The monoisotopic (exact) mass is 217 g/mol. The lowest BCUT2D eigenvalue weighted by molar-refractivity contribution is 0.0893. The van der Waals surface area contributed by atoms with Gasteiger partial charge in [-0.2, -0.15) is 0 Å². The first-order valence-corrected chi connectivity index (χ1v) is 4.81. The highest BCUT2D eigenvalue weighted by Gasteiger charge is 2.29. The summed E-state index contributed by atoms with van der Waals surface area (Å²) in [6.07, 6.45) is -0.510. The Hall–Kier alpha value is -1.10. The van der Waals surface area contributed by atoms with Gasteiger partial charge in [0.15, 0.2) is 5.78 Å². The van der Waals surface area contributed by atoms with E-state index >= 15 is 0 Å². The molecule has 0 spiro atoms. The summed E-state index contributed by atoms with van der Waals surface area (Å²) in [7, 11) is 0. The van der Waals surface area contributed by atoms with Crippen LogP contribution < -0.4 is 0 Å². The molecule has 1 aromatic heterocycles. The number of nitrogens with one attached hydrogen (secondary N) is 1. The Labute approximate surface area is 84.1 Å². The van der Waals surface area contributed by atoms with E-state index in [2.05, 4.69) is 0 Å². The predicted molar refractivity (Wildman–Crippen MR) is 51.6 cm³/mol. The zero-order valence-electron chi connectivity index (χ0n) is 7.51. The number of Topliss-reactive ketones (excluding diaryl/α,β-unsaturated/α-hetero) is 1. The second-order valence-electron chi connectivity index (χ2n) is 2.94. The zero-order valence-corrected chi connectivity index (χ0v) is 8.33. The van der Waals surface area contributed by atoms with Gasteiger partial charge in [0.2, 0.25) is 0 Å². The van der Waals surface area contributed by atoms with Gasteiger partial charge < -0.3 is 5.41 Å². The fourth-order valence-electron chi connectivity index (χ4n) is 0.840. The minimum Gasteiger partial charge on any atom is -0.303 e. The maximum absolute atomic E-state index is 12.5. The van der Waals surface area contributed by atoms with Crippen LogP contribution >= 0.6 is 11.3 Å². The third-order valence-corrected chi connectivity index (χ3v) is 2.57. The standard InChI is InChI=1S/C9H9F2NOS/c1-9(10,11)8(12)5-6(13)7-3-2-4-14-7/h2-4,12H,5H2,1H3. The van der Waals surface area contributed by atoms with E-state index in [-0.39, 0.29) is 0 Å². The largest absolute Gasteiger partial charge is 0.303 e. The molecule has 1 N–H and O–H groups in total. The van der Waals surface area contributed by atoms with E-state index in [1.54, 1.807) is 17.5 Å². The molecule has 1 heterocycles. The van der Waals surface area contributed by atoms with Crippen molar-refractivity contribution in [2.45, 2.75) is 19.3 Å². The molecular formula is C9H9F2NOS. The third kappa shape index (κ3) is 2.70. The molecular weight excluding hydrogens is 208 g/mol. The van der Waals surface area contributed by atoms with E-state index in [1.807, 2.05) is 0 Å². The van der Waals surface area contributed by atoms with Crippen LogP contribution in [0.4, 0.5) is 8.78 Å². The van der Waals surface area contributed by atoms with Gasteiger partial charge in [-0.1, -0.05) is 6.07 Å². The smallest absolute Gasteiger partial charge is 0.282 e. The molecule has 0 aliphatic rings. The van der Waals surface area contributed by atoms with Crippen LogP contribution in [0.2, 0.25) is 0 Å². The number of hydrogen-bond acceptors (Lipinski definition) is 3. The quantitative estimate of drug-likeness (QED) is 0.611. The maximum Gasteiger partial charge on any atom is 0.282 e. The third-order valence-electron chi connectivity index (χ3n) is 1.66. The summed E-state index contributed by atoms with van der Waals surface area (Å²) in [5, 5.41) is 8.70. The lowest BCUT2D eigenvalue weighted by Gasteiger charge is -2.10. The van der Waals surface area contributed by atoms with Crippen molar-refractivity contribution >= 4 is 22.8 Å². The van der Waals surface area contributed by atoms with Crippen LogP contribution in [0.25, 0.3) is 0 Å². The number of carbonyl (C=O) groups is 1. The van der Waals surface area contributed by atoms with Crippen LogP contribution in [0.3, 0.4) is 0 Å². The summed E-state index contributed by atoms with van der Waals surface area (Å²) in [6, 6.07) is 3.24. The summed E-state index contributed by atoms with van der Waals surface area (Å²) < 4.78 is 25.1. The van der Waals surface area contributed by atoms with E-state index in [1.165, 1.54) is 11.3 Å². The summed E-state index contributed by atoms with van der Waals surface area (Å²) in [5.74, 6) is -3.63. The molecule has 0 aliphatic carbocycles. The molecule has 0 bridgehead atoms. The topological polar surface area (TPSA) is 40.9 Å². The number of ketones is 1. The fourth-order valence-corrected chi connectivity index (χ4v) is 1.50. The lowest BCUT2D eigenvalue weighted by atomic mass is 10.1. The molecule has 0 saturated heterocycles. The first-order valence-electron chi connectivity index (χ1n) is 3.93. The van der Waals surface area contributed by atoms with Crippen LogP contribution in [0.5, 0.6) is 0 Å². The average molecular weight is 217 g/mol. The van der Waals surface area contributed by atoms with Crippen LogP contribution in [-0.4, -0.2) is 17.4 Å². The molecule has 0 amide bonds. The molecule has 76 valence electrons. The minimum atomic E-state index is -3.20. The molecule has 0 aliphatic heterocycles. The highest BCUT2D eigenvalue weighted by Crippen LogP contribution is 2.18. The van der Waals surface area contributed by atoms with Gasteiger partial charge in [0, 0.05) is 6.92 Å². The Bertz CT molecular complexity index is 340. The van der Waals surface area contributed by atoms with E-state index in [4.69, 9.17) is 5.41 Å². The Morgan fingerprint density at radius 2 is 2.29 bits per heavy atom. The summed E-state index contributed by atoms with van der Waals surface area (Å²) in [6.45, 7) is 0.622. The van der Waals surface area contributed by atoms with Crippen LogP contribution in [0.15, 0.2) is 17.5 Å². The number of hydrogen-bond donors (Lipinski definition) is 1. The van der Waals surface area contributed by atoms with Crippen LogP contribution in [0, 0.1) is 5.41 Å². The van der Waals surface area contributed by atoms with Crippen molar-refractivity contribution in [1.82, 2.24) is 0 Å². The predicted octanol–water partition coefficient (Wildman–Crippen LogP) is 3.00. The number of alkyl halides is 2. The van der Waals surface area contributed by atoms with Crippen molar-refractivity contribution in [2.24, 2.45) is 0 Å². The Kier molecular flexibility index (Phi) is 3.10. The molecule has 0 fully saturated rings. The van der Waals surface area contributed by atoms with Gasteiger partial charge in [-0.25, -0.2) is 8.78 Å². The summed E-state index contributed by atoms with van der Waals surface area (Å²) >= 11 is 1.19. The normalized spacial score (nSPS) is 11.4. The molecule has 5 heteroatoms. The van der Waals surface area contributed by atoms with E-state index in [0.29, 0.717) is 11.8 Å². The SMILES string of the molecule is CC(F)(F)C(=N)CC(=O)c1cccs1. The van der Waals surface area contributed by atoms with E-state index < -0.39 is 23.8 Å². The maximum atomic E-state index is 12.5. The summed E-state index contributed by atoms with van der Waals surface area (Å²) in [5.41, 5.74) is -0.837. The van der Waals surface area contributed by atoms with Gasteiger partial charge in [-0.3, -0.25) is 4.79 Å². The van der Waals surface area contributed by atoms with Crippen molar-refractivity contribution in [3.05, 3.63) is 22.4 Å². The highest BCUT2D eigenvalue weighted by atomic mass is 32.1. The van der Waals surface area contributed by atoms with Crippen LogP contribution in [0.1, 0.15) is 23.0 Å². The molecule has 0 saturated carbocycles. The molecule has 0 radical (unpaired) electrons.